The van der Waals surface area contributed by atoms with Gasteiger partial charge in [0.05, 0.1) is 50.9 Å². The molecule has 7 rings (SSSR count). The summed E-state index contributed by atoms with van der Waals surface area (Å²) in [5.74, 6) is -2.70. The van der Waals surface area contributed by atoms with Crippen LogP contribution in [-0.4, -0.2) is 68.8 Å². The van der Waals surface area contributed by atoms with Crippen molar-refractivity contribution in [2.45, 2.75) is 48.4 Å². The molecular formula is C41H38F4N10O5S. The zero-order valence-electron chi connectivity index (χ0n) is 32.5. The van der Waals surface area contributed by atoms with Crippen molar-refractivity contribution in [3.63, 3.8) is 0 Å². The standard InChI is InChI=1S/C41H38F4N10O5S/c1-40(58,39(57)51-28-10-7-24(20-46)31(19-28)41(43,44)45)21-61(59,60)29-13-11-27(12-14-29)48-16-4-3-15-47-26-8-5-23(6-9-26)35-34(37-49-22-50-55(37)2)36-33-30(38(56)54-53-36)17-25(42)18-32(33)52-35/h5-14,17-19,22,34-35,47-48,52,58H,3-4,15-16,21H2,1-2H3,(H,51,57)(H,54,56)/t34-,35-,40?/m1/s1. The Kier molecular flexibility index (Phi) is 11.5. The summed E-state index contributed by atoms with van der Waals surface area (Å²) in [6, 6.07) is 19.5. The van der Waals surface area contributed by atoms with Crippen LogP contribution in [0, 0.1) is 17.1 Å². The molecule has 2 aromatic heterocycles. The van der Waals surface area contributed by atoms with Gasteiger partial charge in [-0.05, 0) is 92.1 Å². The molecule has 0 bridgehead atoms. The smallest absolute Gasteiger partial charge is 0.385 e. The van der Waals surface area contributed by atoms with Gasteiger partial charge in [-0.15, -0.1) is 0 Å². The summed E-state index contributed by atoms with van der Waals surface area (Å²) in [4.78, 5) is 29.7. The van der Waals surface area contributed by atoms with E-state index in [4.69, 9.17) is 5.26 Å². The fourth-order valence-corrected chi connectivity index (χ4v) is 8.80. The van der Waals surface area contributed by atoms with Gasteiger partial charge in [-0.2, -0.15) is 28.6 Å². The number of alkyl halides is 3. The number of amides is 1. The Balaban J connectivity index is 0.899. The predicted octanol–water partition coefficient (Wildman–Crippen LogP) is 5.85. The number of aryl methyl sites for hydroxylation is 1. The Labute approximate surface area is 345 Å². The van der Waals surface area contributed by atoms with E-state index in [2.05, 4.69) is 41.5 Å². The number of aromatic nitrogens is 5. The van der Waals surface area contributed by atoms with Gasteiger partial charge in [-0.3, -0.25) is 14.3 Å². The maximum atomic E-state index is 14.6. The highest BCUT2D eigenvalue weighted by molar-refractivity contribution is 7.91. The van der Waals surface area contributed by atoms with E-state index < -0.39 is 67.7 Å². The van der Waals surface area contributed by atoms with Crippen LogP contribution in [0.15, 0.2) is 94.9 Å². The first-order valence-electron chi connectivity index (χ1n) is 18.8. The molecule has 0 fully saturated rings. The minimum absolute atomic E-state index is 0.174. The molecule has 1 unspecified atom stereocenters. The molecule has 20 heteroatoms. The molecule has 15 nitrogen and oxygen atoms in total. The van der Waals surface area contributed by atoms with Gasteiger partial charge in [0.15, 0.2) is 15.4 Å². The van der Waals surface area contributed by atoms with Gasteiger partial charge in [-0.25, -0.2) is 22.9 Å². The van der Waals surface area contributed by atoms with Crippen LogP contribution >= 0.6 is 0 Å². The van der Waals surface area contributed by atoms with Crippen molar-refractivity contribution in [3.05, 3.63) is 130 Å². The maximum absolute atomic E-state index is 14.6. The average Bonchev–Trinajstić information content (AvgIpc) is 3.64. The van der Waals surface area contributed by atoms with Gasteiger partial charge < -0.3 is 26.4 Å². The fourth-order valence-electron chi connectivity index (χ4n) is 7.21. The highest BCUT2D eigenvalue weighted by Crippen LogP contribution is 2.46. The van der Waals surface area contributed by atoms with Gasteiger partial charge in [-0.1, -0.05) is 12.1 Å². The molecule has 61 heavy (non-hydrogen) atoms. The Hall–Kier alpha value is -6.85. The lowest BCUT2D eigenvalue weighted by Gasteiger charge is -2.33. The summed E-state index contributed by atoms with van der Waals surface area (Å²) >= 11 is 0. The van der Waals surface area contributed by atoms with Crippen molar-refractivity contribution in [3.8, 4) is 6.07 Å². The molecule has 3 atom stereocenters. The van der Waals surface area contributed by atoms with E-state index in [-0.39, 0.29) is 16.0 Å². The molecular weight excluding hydrogens is 821 g/mol. The number of hydrogen-bond acceptors (Lipinski definition) is 12. The lowest BCUT2D eigenvalue weighted by atomic mass is 9.83. The Morgan fingerprint density at radius 3 is 2.21 bits per heavy atom. The molecule has 0 saturated heterocycles. The van der Waals surface area contributed by atoms with Crippen molar-refractivity contribution in [2.24, 2.45) is 7.05 Å². The van der Waals surface area contributed by atoms with E-state index in [1.807, 2.05) is 24.3 Å². The van der Waals surface area contributed by atoms with Crippen LogP contribution in [0.25, 0.3) is 10.8 Å². The number of benzene rings is 4. The SMILES string of the molecule is Cn1ncnc1[C@H]1c2n[nH]c(=O)c3cc(F)cc(c23)N[C@@H]1c1ccc(NCCCCNc2ccc(S(=O)(=O)CC(C)(O)C(=O)Nc3ccc(C#N)c(C(F)(F)F)c3)cc2)cc1. The second-order valence-electron chi connectivity index (χ2n) is 14.7. The number of rotatable bonds is 14. The first-order valence-corrected chi connectivity index (χ1v) is 20.5. The normalized spacial score (nSPS) is 16.0. The second-order valence-corrected chi connectivity index (χ2v) is 16.7. The first-order chi connectivity index (χ1) is 28.9. The number of anilines is 4. The van der Waals surface area contributed by atoms with Crippen LogP contribution in [0.5, 0.6) is 0 Å². The predicted molar refractivity (Wildman–Crippen MR) is 218 cm³/mol. The third kappa shape index (κ3) is 9.02. The number of H-pyrrole nitrogens is 1. The van der Waals surface area contributed by atoms with Crippen LogP contribution in [0.3, 0.4) is 0 Å². The van der Waals surface area contributed by atoms with Crippen molar-refractivity contribution in [1.29, 1.82) is 5.26 Å². The van der Waals surface area contributed by atoms with Gasteiger partial charge in [0.1, 0.15) is 18.0 Å². The zero-order valence-corrected chi connectivity index (χ0v) is 33.3. The number of nitrogens with one attached hydrogen (secondary N) is 5. The second kappa shape index (κ2) is 16.7. The van der Waals surface area contributed by atoms with E-state index in [9.17, 15) is 40.7 Å². The van der Waals surface area contributed by atoms with Gasteiger partial charge in [0.25, 0.3) is 11.5 Å². The highest BCUT2D eigenvalue weighted by Gasteiger charge is 2.39. The third-order valence-corrected chi connectivity index (χ3v) is 12.2. The van der Waals surface area contributed by atoms with Crippen molar-refractivity contribution >= 4 is 49.3 Å². The Morgan fingerprint density at radius 1 is 0.967 bits per heavy atom. The van der Waals surface area contributed by atoms with E-state index in [0.717, 1.165) is 43.1 Å². The number of aliphatic hydroxyl groups is 1. The van der Waals surface area contributed by atoms with Crippen molar-refractivity contribution < 1.29 is 35.9 Å². The number of nitriles is 1. The summed E-state index contributed by atoms with van der Waals surface area (Å²) in [7, 11) is -2.46. The molecule has 316 valence electrons. The van der Waals surface area contributed by atoms with E-state index in [1.54, 1.807) is 11.7 Å². The molecule has 6 aromatic rings. The van der Waals surface area contributed by atoms with E-state index in [1.165, 1.54) is 48.8 Å². The number of hydrogen-bond donors (Lipinski definition) is 6. The van der Waals surface area contributed by atoms with E-state index >= 15 is 0 Å². The number of carbonyl (C=O) groups excluding carboxylic acids is 1. The molecule has 0 saturated carbocycles. The molecule has 1 aliphatic rings. The topological polar surface area (TPSA) is 220 Å². The first kappa shape index (κ1) is 42.3. The highest BCUT2D eigenvalue weighted by atomic mass is 32.2. The zero-order chi connectivity index (χ0) is 43.7. The van der Waals surface area contributed by atoms with Crippen LogP contribution < -0.4 is 26.8 Å². The molecule has 1 aliphatic heterocycles. The molecule has 0 aliphatic carbocycles. The Bertz CT molecular complexity index is 2820. The van der Waals surface area contributed by atoms with Gasteiger partial charge in [0.2, 0.25) is 0 Å². The van der Waals surface area contributed by atoms with Crippen LogP contribution in [0.4, 0.5) is 40.3 Å². The Morgan fingerprint density at radius 2 is 1.61 bits per heavy atom. The fraction of sp³-hybridized carbons (Fsp3) is 0.268. The number of nitrogens with zero attached hydrogens (tertiary/aromatic N) is 5. The number of carbonyl (C=O) groups is 1. The maximum Gasteiger partial charge on any atom is 0.417 e. The van der Waals surface area contributed by atoms with E-state index in [0.29, 0.717) is 47.4 Å². The molecule has 0 radical (unpaired) electrons. The van der Waals surface area contributed by atoms with Crippen molar-refractivity contribution in [1.82, 2.24) is 25.0 Å². The molecule has 4 aromatic carbocycles. The number of sulfone groups is 1. The molecule has 0 spiro atoms. The summed E-state index contributed by atoms with van der Waals surface area (Å²) in [6.07, 6.45) is -1.90. The minimum atomic E-state index is -4.88. The van der Waals surface area contributed by atoms with Crippen molar-refractivity contribution in [2.75, 3.05) is 40.1 Å². The number of unbranched alkanes of at least 4 members (excludes halogenated alkanes) is 1. The van der Waals surface area contributed by atoms with Crippen LogP contribution in [0.1, 0.15) is 59.9 Å². The number of aromatic amines is 1. The molecule has 3 heterocycles. The summed E-state index contributed by atoms with van der Waals surface area (Å²) in [5, 5.41) is 43.7. The monoisotopic (exact) mass is 858 g/mol. The molecule has 1 amide bonds. The minimum Gasteiger partial charge on any atom is -0.385 e. The average molecular weight is 859 g/mol. The number of halogens is 4. The van der Waals surface area contributed by atoms with Gasteiger partial charge >= 0.3 is 6.18 Å². The lowest BCUT2D eigenvalue weighted by molar-refractivity contribution is -0.137. The lowest BCUT2D eigenvalue weighted by Crippen LogP contribution is -2.45. The third-order valence-electron chi connectivity index (χ3n) is 10.3. The molecule has 6 N–H and O–H groups in total. The summed E-state index contributed by atoms with van der Waals surface area (Å²) in [5.41, 5.74) is -1.96. The quantitative estimate of drug-likeness (QED) is 0.0562. The van der Waals surface area contributed by atoms with Gasteiger partial charge in [0, 0.05) is 48.3 Å². The summed E-state index contributed by atoms with van der Waals surface area (Å²) in [6.45, 7) is 2.15. The van der Waals surface area contributed by atoms with Crippen LogP contribution in [0.2, 0.25) is 0 Å². The van der Waals surface area contributed by atoms with Crippen LogP contribution in [-0.2, 0) is 27.9 Å². The largest absolute Gasteiger partial charge is 0.417 e. The summed E-state index contributed by atoms with van der Waals surface area (Å²) < 4.78 is 82.6.